The van der Waals surface area contributed by atoms with Crippen molar-refractivity contribution in [3.8, 4) is 0 Å². The fourth-order valence-corrected chi connectivity index (χ4v) is 2.16. The molecule has 4 heteroatoms. The highest BCUT2D eigenvalue weighted by molar-refractivity contribution is 6.30. The molecule has 18 heavy (non-hydrogen) atoms. The van der Waals surface area contributed by atoms with Crippen LogP contribution in [0.5, 0.6) is 0 Å². The summed E-state index contributed by atoms with van der Waals surface area (Å²) in [7, 11) is 0. The average molecular weight is 265 g/mol. The zero-order chi connectivity index (χ0) is 13.0. The fourth-order valence-electron chi connectivity index (χ4n) is 2.03. The first-order valence-corrected chi connectivity index (χ1v) is 6.49. The summed E-state index contributed by atoms with van der Waals surface area (Å²) >= 11 is 5.81. The number of rotatable bonds is 4. The van der Waals surface area contributed by atoms with Crippen LogP contribution < -0.4 is 11.1 Å². The number of amides is 1. The minimum Gasteiger partial charge on any atom is -0.355 e. The minimum absolute atomic E-state index is 0.0250. The molecule has 1 aliphatic rings. The number of hydrogen-bond donors (Lipinski definition) is 2. The highest BCUT2D eigenvalue weighted by atomic mass is 35.5. The van der Waals surface area contributed by atoms with E-state index in [4.69, 9.17) is 17.3 Å². The van der Waals surface area contributed by atoms with Crippen LogP contribution in [0.3, 0.4) is 0 Å². The Hall–Kier alpha value is -1.32. The first-order chi connectivity index (χ1) is 8.65. The van der Waals surface area contributed by atoms with E-state index in [0.717, 1.165) is 11.4 Å². The van der Waals surface area contributed by atoms with Crippen LogP contribution in [0.15, 0.2) is 36.4 Å². The van der Waals surface area contributed by atoms with Crippen LogP contribution in [-0.4, -0.2) is 18.5 Å². The number of carbonyl (C=O) groups excluding carboxylic acids is 1. The van der Waals surface area contributed by atoms with E-state index in [1.54, 1.807) is 0 Å². The van der Waals surface area contributed by atoms with E-state index in [1.807, 2.05) is 36.4 Å². The molecule has 0 aromatic heterocycles. The van der Waals surface area contributed by atoms with Crippen LogP contribution in [0.25, 0.3) is 0 Å². The third-order valence-electron chi connectivity index (χ3n) is 3.08. The minimum atomic E-state index is -0.0646. The Morgan fingerprint density at radius 1 is 1.33 bits per heavy atom. The van der Waals surface area contributed by atoms with E-state index in [-0.39, 0.29) is 17.9 Å². The van der Waals surface area contributed by atoms with Crippen LogP contribution in [0, 0.1) is 5.92 Å². The maximum atomic E-state index is 11.8. The number of benzene rings is 1. The summed E-state index contributed by atoms with van der Waals surface area (Å²) in [6, 6.07) is 7.69. The molecule has 0 fully saturated rings. The van der Waals surface area contributed by atoms with Gasteiger partial charge in [0.2, 0.25) is 5.91 Å². The Labute approximate surface area is 112 Å². The molecule has 0 heterocycles. The first-order valence-electron chi connectivity index (χ1n) is 6.11. The summed E-state index contributed by atoms with van der Waals surface area (Å²) in [5.41, 5.74) is 6.88. The van der Waals surface area contributed by atoms with E-state index in [9.17, 15) is 4.79 Å². The zero-order valence-electron chi connectivity index (χ0n) is 10.1. The van der Waals surface area contributed by atoms with Crippen LogP contribution in [0.4, 0.5) is 0 Å². The van der Waals surface area contributed by atoms with Crippen molar-refractivity contribution >= 4 is 17.5 Å². The van der Waals surface area contributed by atoms with Gasteiger partial charge in [-0.3, -0.25) is 4.79 Å². The number of hydrogen-bond acceptors (Lipinski definition) is 2. The second-order valence-electron chi connectivity index (χ2n) is 4.56. The van der Waals surface area contributed by atoms with Crippen molar-refractivity contribution in [1.82, 2.24) is 5.32 Å². The van der Waals surface area contributed by atoms with Gasteiger partial charge in [0.25, 0.3) is 0 Å². The highest BCUT2D eigenvalue weighted by Gasteiger charge is 2.21. The molecule has 0 bridgehead atoms. The molecule has 0 radical (unpaired) electrons. The lowest BCUT2D eigenvalue weighted by Crippen LogP contribution is -2.32. The molecule has 1 aromatic carbocycles. The molecule has 2 rings (SSSR count). The Morgan fingerprint density at radius 2 is 2.06 bits per heavy atom. The number of carbonyl (C=O) groups is 1. The zero-order valence-corrected chi connectivity index (χ0v) is 10.9. The summed E-state index contributed by atoms with van der Waals surface area (Å²) < 4.78 is 0. The molecule has 0 aliphatic heterocycles. The van der Waals surface area contributed by atoms with Gasteiger partial charge in [-0.25, -0.2) is 0 Å². The van der Waals surface area contributed by atoms with Crippen molar-refractivity contribution in [3.05, 3.63) is 47.0 Å². The largest absolute Gasteiger partial charge is 0.355 e. The van der Waals surface area contributed by atoms with Gasteiger partial charge in [0.15, 0.2) is 0 Å². The molecule has 3 N–H and O–H groups in total. The summed E-state index contributed by atoms with van der Waals surface area (Å²) in [6.07, 6.45) is 5.31. The topological polar surface area (TPSA) is 55.1 Å². The fraction of sp³-hybridized carbons (Fsp3) is 0.357. The van der Waals surface area contributed by atoms with Crippen LogP contribution in [0.1, 0.15) is 12.0 Å². The quantitative estimate of drug-likeness (QED) is 0.816. The van der Waals surface area contributed by atoms with Crippen molar-refractivity contribution in [1.29, 1.82) is 0 Å². The molecule has 3 nitrogen and oxygen atoms in total. The van der Waals surface area contributed by atoms with Crippen molar-refractivity contribution in [2.24, 2.45) is 11.7 Å². The summed E-state index contributed by atoms with van der Waals surface area (Å²) in [5.74, 6) is -0.00150. The summed E-state index contributed by atoms with van der Waals surface area (Å²) in [4.78, 5) is 11.8. The monoisotopic (exact) mass is 264 g/mol. The van der Waals surface area contributed by atoms with Gasteiger partial charge in [-0.15, -0.1) is 0 Å². The van der Waals surface area contributed by atoms with Gasteiger partial charge in [-0.2, -0.15) is 0 Å². The SMILES string of the molecule is NC1C=CC(C(=O)NCCc2ccc(Cl)cc2)C1. The van der Waals surface area contributed by atoms with E-state index < -0.39 is 0 Å². The highest BCUT2D eigenvalue weighted by Crippen LogP contribution is 2.16. The van der Waals surface area contributed by atoms with Gasteiger partial charge in [-0.1, -0.05) is 35.9 Å². The van der Waals surface area contributed by atoms with Gasteiger partial charge >= 0.3 is 0 Å². The molecule has 1 amide bonds. The molecular formula is C14H17ClN2O. The maximum absolute atomic E-state index is 11.8. The maximum Gasteiger partial charge on any atom is 0.227 e. The second-order valence-corrected chi connectivity index (χ2v) is 4.99. The van der Waals surface area contributed by atoms with Gasteiger partial charge in [0.05, 0.1) is 5.92 Å². The summed E-state index contributed by atoms with van der Waals surface area (Å²) in [6.45, 7) is 0.639. The molecule has 2 unspecified atom stereocenters. The Bertz CT molecular complexity index is 442. The van der Waals surface area contributed by atoms with Gasteiger partial charge in [0.1, 0.15) is 0 Å². The third-order valence-corrected chi connectivity index (χ3v) is 3.33. The summed E-state index contributed by atoms with van der Waals surface area (Å²) in [5, 5.41) is 3.66. The van der Waals surface area contributed by atoms with Gasteiger partial charge < -0.3 is 11.1 Å². The standard InChI is InChI=1S/C14H17ClN2O/c15-12-4-1-10(2-5-12)7-8-17-14(18)11-3-6-13(16)9-11/h1-6,11,13H,7-9,16H2,(H,17,18). The Kier molecular flexibility index (Phi) is 4.39. The lowest BCUT2D eigenvalue weighted by Gasteiger charge is -2.10. The molecule has 1 aliphatic carbocycles. The second kappa shape index (κ2) is 6.03. The van der Waals surface area contributed by atoms with E-state index >= 15 is 0 Å². The van der Waals surface area contributed by atoms with E-state index in [0.29, 0.717) is 13.0 Å². The van der Waals surface area contributed by atoms with E-state index in [2.05, 4.69) is 5.32 Å². The van der Waals surface area contributed by atoms with Crippen molar-refractivity contribution in [2.75, 3.05) is 6.54 Å². The van der Waals surface area contributed by atoms with Gasteiger partial charge in [0, 0.05) is 17.6 Å². The molecule has 96 valence electrons. The molecule has 2 atom stereocenters. The average Bonchev–Trinajstić information content (AvgIpc) is 2.78. The normalized spacial score (nSPS) is 22.1. The predicted molar refractivity (Wildman–Crippen MR) is 73.4 cm³/mol. The predicted octanol–water partition coefficient (Wildman–Crippen LogP) is 1.90. The molecule has 0 saturated carbocycles. The first kappa shape index (κ1) is 13.1. The molecule has 1 aromatic rings. The van der Waals surface area contributed by atoms with E-state index in [1.165, 1.54) is 5.56 Å². The molecule has 0 spiro atoms. The Balaban J connectivity index is 1.74. The molecule has 0 saturated heterocycles. The van der Waals surface area contributed by atoms with Crippen molar-refractivity contribution in [2.45, 2.75) is 18.9 Å². The lowest BCUT2D eigenvalue weighted by molar-refractivity contribution is -0.123. The van der Waals surface area contributed by atoms with Crippen molar-refractivity contribution < 1.29 is 4.79 Å². The lowest BCUT2D eigenvalue weighted by atomic mass is 10.1. The third kappa shape index (κ3) is 3.59. The number of nitrogens with one attached hydrogen (secondary N) is 1. The smallest absolute Gasteiger partial charge is 0.227 e. The van der Waals surface area contributed by atoms with Gasteiger partial charge in [-0.05, 0) is 30.5 Å². The van der Waals surface area contributed by atoms with Crippen molar-refractivity contribution in [3.63, 3.8) is 0 Å². The van der Waals surface area contributed by atoms with Crippen LogP contribution >= 0.6 is 11.6 Å². The Morgan fingerprint density at radius 3 is 2.67 bits per heavy atom. The number of halogens is 1. The number of nitrogens with two attached hydrogens (primary N) is 1. The van der Waals surface area contributed by atoms with Crippen LogP contribution in [-0.2, 0) is 11.2 Å². The van der Waals surface area contributed by atoms with Crippen LogP contribution in [0.2, 0.25) is 5.02 Å². The molecular weight excluding hydrogens is 248 g/mol.